The highest BCUT2D eigenvalue weighted by Gasteiger charge is 2.07. The van der Waals surface area contributed by atoms with Gasteiger partial charge in [-0.05, 0) is 30.3 Å². The first-order chi connectivity index (χ1) is 9.13. The lowest BCUT2D eigenvalue weighted by molar-refractivity contribution is 0.461. The fourth-order valence-corrected chi connectivity index (χ4v) is 1.45. The summed E-state index contributed by atoms with van der Waals surface area (Å²) in [4.78, 5) is 0. The molecule has 19 heavy (non-hydrogen) atoms. The normalized spacial score (nSPS) is 9.47. The Balaban J connectivity index is 2.32. The van der Waals surface area contributed by atoms with Crippen LogP contribution in [0.3, 0.4) is 0 Å². The minimum absolute atomic E-state index is 0.104. The smallest absolute Gasteiger partial charge is 0.162 e. The molecule has 0 fully saturated rings. The Morgan fingerprint density at radius 1 is 0.789 bits per heavy atom. The van der Waals surface area contributed by atoms with Crippen LogP contribution in [0.1, 0.15) is 11.1 Å². The average Bonchev–Trinajstić information content (AvgIpc) is 2.43. The number of hydrogen-bond donors (Lipinski definition) is 0. The highest BCUT2D eigenvalue weighted by atomic mass is 19.2. The Kier molecular flexibility index (Phi) is 3.40. The summed E-state index contributed by atoms with van der Waals surface area (Å²) in [7, 11) is 0. The quantitative estimate of drug-likeness (QED) is 0.826. The van der Waals surface area contributed by atoms with Crippen LogP contribution in [-0.2, 0) is 0 Å². The largest absolute Gasteiger partial charge is 0.457 e. The number of rotatable bonds is 2. The number of benzene rings is 2. The third-order valence-electron chi connectivity index (χ3n) is 2.36. The molecule has 2 aromatic carbocycles. The van der Waals surface area contributed by atoms with Crippen LogP contribution >= 0.6 is 0 Å². The van der Waals surface area contributed by atoms with Gasteiger partial charge in [-0.25, -0.2) is 8.78 Å². The van der Waals surface area contributed by atoms with E-state index in [9.17, 15) is 8.78 Å². The molecule has 2 aromatic rings. The monoisotopic (exact) mass is 256 g/mol. The molecule has 0 bridgehead atoms. The van der Waals surface area contributed by atoms with Gasteiger partial charge in [-0.15, -0.1) is 0 Å². The number of halogens is 2. The lowest BCUT2D eigenvalue weighted by Gasteiger charge is -2.06. The zero-order chi connectivity index (χ0) is 13.8. The maximum atomic E-state index is 13.0. The van der Waals surface area contributed by atoms with E-state index < -0.39 is 11.6 Å². The predicted octanol–water partition coefficient (Wildman–Crippen LogP) is 3.50. The minimum atomic E-state index is -1.02. The summed E-state index contributed by atoms with van der Waals surface area (Å²) in [5, 5.41) is 17.6. The standard InChI is InChI=1S/C14H6F2N2O/c15-13-4-3-12(6-14(13)16)19-11-2-1-9(7-17)10(5-11)8-18/h1-6H. The summed E-state index contributed by atoms with van der Waals surface area (Å²) in [6.07, 6.45) is 0. The van der Waals surface area contributed by atoms with E-state index in [4.69, 9.17) is 15.3 Å². The minimum Gasteiger partial charge on any atom is -0.457 e. The average molecular weight is 256 g/mol. The van der Waals surface area contributed by atoms with Crippen molar-refractivity contribution in [3.05, 3.63) is 59.2 Å². The Morgan fingerprint density at radius 2 is 1.42 bits per heavy atom. The molecule has 5 heteroatoms. The molecule has 0 atom stereocenters. The molecular weight excluding hydrogens is 250 g/mol. The van der Waals surface area contributed by atoms with Gasteiger partial charge in [0.1, 0.15) is 23.6 Å². The number of nitriles is 2. The van der Waals surface area contributed by atoms with Crippen LogP contribution in [0.5, 0.6) is 11.5 Å². The van der Waals surface area contributed by atoms with Gasteiger partial charge in [-0.3, -0.25) is 0 Å². The lowest BCUT2D eigenvalue weighted by Crippen LogP contribution is -1.90. The zero-order valence-corrected chi connectivity index (χ0v) is 9.52. The number of hydrogen-bond acceptors (Lipinski definition) is 3. The predicted molar refractivity (Wildman–Crippen MR) is 62.3 cm³/mol. The van der Waals surface area contributed by atoms with Crippen molar-refractivity contribution in [2.75, 3.05) is 0 Å². The van der Waals surface area contributed by atoms with Gasteiger partial charge in [-0.1, -0.05) is 0 Å². The lowest BCUT2D eigenvalue weighted by atomic mass is 10.1. The van der Waals surface area contributed by atoms with Crippen molar-refractivity contribution in [3.63, 3.8) is 0 Å². The summed E-state index contributed by atoms with van der Waals surface area (Å²) in [5.41, 5.74) is 0.378. The van der Waals surface area contributed by atoms with Crippen LogP contribution in [0.25, 0.3) is 0 Å². The van der Waals surface area contributed by atoms with Crippen molar-refractivity contribution in [1.29, 1.82) is 10.5 Å². The van der Waals surface area contributed by atoms with Crippen molar-refractivity contribution < 1.29 is 13.5 Å². The van der Waals surface area contributed by atoms with Gasteiger partial charge in [0.25, 0.3) is 0 Å². The summed E-state index contributed by atoms with van der Waals surface area (Å²) >= 11 is 0. The molecule has 0 N–H and O–H groups in total. The second kappa shape index (κ2) is 5.16. The van der Waals surface area contributed by atoms with Crippen LogP contribution in [0, 0.1) is 34.3 Å². The first-order valence-electron chi connectivity index (χ1n) is 5.21. The van der Waals surface area contributed by atoms with Crippen molar-refractivity contribution in [2.24, 2.45) is 0 Å². The number of nitrogens with zero attached hydrogens (tertiary/aromatic N) is 2. The summed E-state index contributed by atoms with van der Waals surface area (Å²) in [6.45, 7) is 0. The molecule has 3 nitrogen and oxygen atoms in total. The first-order valence-corrected chi connectivity index (χ1v) is 5.21. The Labute approximate surface area is 107 Å². The molecule has 0 aliphatic rings. The van der Waals surface area contributed by atoms with Gasteiger partial charge in [0.2, 0.25) is 0 Å². The highest BCUT2D eigenvalue weighted by Crippen LogP contribution is 2.25. The summed E-state index contributed by atoms with van der Waals surface area (Å²) < 4.78 is 31.0. The van der Waals surface area contributed by atoms with E-state index in [0.29, 0.717) is 0 Å². The summed E-state index contributed by atoms with van der Waals surface area (Å²) in [5.74, 6) is -1.62. The molecule has 0 spiro atoms. The van der Waals surface area contributed by atoms with Gasteiger partial charge >= 0.3 is 0 Å². The molecule has 0 saturated heterocycles. The molecule has 0 unspecified atom stereocenters. The summed E-state index contributed by atoms with van der Waals surface area (Å²) in [6, 6.07) is 11.1. The van der Waals surface area contributed by atoms with Gasteiger partial charge in [-0.2, -0.15) is 10.5 Å². The van der Waals surface area contributed by atoms with E-state index in [1.165, 1.54) is 24.3 Å². The van der Waals surface area contributed by atoms with Gasteiger partial charge in [0, 0.05) is 6.07 Å². The van der Waals surface area contributed by atoms with Gasteiger partial charge < -0.3 is 4.74 Å². The highest BCUT2D eigenvalue weighted by molar-refractivity contribution is 5.49. The molecule has 0 heterocycles. The van der Waals surface area contributed by atoms with Crippen molar-refractivity contribution in [2.45, 2.75) is 0 Å². The molecule has 0 amide bonds. The molecule has 0 radical (unpaired) electrons. The SMILES string of the molecule is N#Cc1ccc(Oc2ccc(F)c(F)c2)cc1C#N. The molecular formula is C14H6F2N2O. The van der Waals surface area contributed by atoms with Crippen molar-refractivity contribution in [3.8, 4) is 23.6 Å². The van der Waals surface area contributed by atoms with Crippen molar-refractivity contribution in [1.82, 2.24) is 0 Å². The molecule has 0 saturated carbocycles. The van der Waals surface area contributed by atoms with E-state index in [2.05, 4.69) is 0 Å². The van der Waals surface area contributed by atoms with E-state index in [1.54, 1.807) is 0 Å². The zero-order valence-electron chi connectivity index (χ0n) is 9.52. The van der Waals surface area contributed by atoms with Gasteiger partial charge in [0.05, 0.1) is 11.1 Å². The number of ether oxygens (including phenoxy) is 1. The topological polar surface area (TPSA) is 56.8 Å². The fourth-order valence-electron chi connectivity index (χ4n) is 1.45. The van der Waals surface area contributed by atoms with Crippen LogP contribution in [-0.4, -0.2) is 0 Å². The molecule has 0 aliphatic heterocycles. The Morgan fingerprint density at radius 3 is 2.05 bits per heavy atom. The van der Waals surface area contributed by atoms with E-state index in [-0.39, 0.29) is 22.6 Å². The molecule has 2 rings (SSSR count). The molecule has 92 valence electrons. The van der Waals surface area contributed by atoms with E-state index >= 15 is 0 Å². The van der Waals surface area contributed by atoms with Crippen molar-refractivity contribution >= 4 is 0 Å². The third kappa shape index (κ3) is 2.67. The van der Waals surface area contributed by atoms with Crippen LogP contribution in [0.15, 0.2) is 36.4 Å². The van der Waals surface area contributed by atoms with E-state index in [1.807, 2.05) is 12.1 Å². The second-order valence-corrected chi connectivity index (χ2v) is 3.61. The van der Waals surface area contributed by atoms with E-state index in [0.717, 1.165) is 12.1 Å². The van der Waals surface area contributed by atoms with Crippen LogP contribution < -0.4 is 4.74 Å². The maximum Gasteiger partial charge on any atom is 0.162 e. The molecule has 0 aliphatic carbocycles. The van der Waals surface area contributed by atoms with Crippen LogP contribution in [0.2, 0.25) is 0 Å². The second-order valence-electron chi connectivity index (χ2n) is 3.61. The van der Waals surface area contributed by atoms with Crippen LogP contribution in [0.4, 0.5) is 8.78 Å². The Hall–Kier alpha value is -2.92. The Bertz CT molecular complexity index is 714. The van der Waals surface area contributed by atoms with Gasteiger partial charge in [0.15, 0.2) is 11.6 Å². The fraction of sp³-hybridized carbons (Fsp3) is 0. The first kappa shape index (κ1) is 12.5. The maximum absolute atomic E-state index is 13.0. The molecule has 0 aromatic heterocycles. The third-order valence-corrected chi connectivity index (χ3v) is 2.36.